The summed E-state index contributed by atoms with van der Waals surface area (Å²) in [5, 5.41) is 2.92. The van der Waals surface area contributed by atoms with E-state index >= 15 is 8.78 Å². The minimum atomic E-state index is -0.923. The Hall–Kier alpha value is -3.36. The Morgan fingerprint density at radius 2 is 1.89 bits per heavy atom. The number of amides is 1. The summed E-state index contributed by atoms with van der Waals surface area (Å²) in [6.45, 7) is 1.09. The highest BCUT2D eigenvalue weighted by Gasteiger charge is 2.31. The van der Waals surface area contributed by atoms with Crippen LogP contribution in [0.2, 0.25) is 0 Å². The second kappa shape index (κ2) is 9.36. The third-order valence-corrected chi connectivity index (χ3v) is 6.92. The molecule has 6 nitrogen and oxygen atoms in total. The van der Waals surface area contributed by atoms with Gasteiger partial charge in [0.15, 0.2) is 11.6 Å². The Balaban J connectivity index is 1.51. The maximum atomic E-state index is 15.1. The second-order valence-electron chi connectivity index (χ2n) is 9.32. The van der Waals surface area contributed by atoms with Gasteiger partial charge in [0.25, 0.3) is 0 Å². The van der Waals surface area contributed by atoms with Crippen LogP contribution >= 0.6 is 0 Å². The van der Waals surface area contributed by atoms with Crippen molar-refractivity contribution in [3.63, 3.8) is 0 Å². The predicted octanol–water partition coefficient (Wildman–Crippen LogP) is 6.59. The molecule has 0 radical (unpaired) electrons. The fraction of sp³-hybridized carbons (Fsp3) is 0.423. The minimum absolute atomic E-state index is 0.0647. The van der Waals surface area contributed by atoms with E-state index in [-0.39, 0.29) is 24.3 Å². The molecular formula is C26H28F3N3O3. The van der Waals surface area contributed by atoms with Gasteiger partial charge in [-0.3, -0.25) is 5.32 Å². The smallest absolute Gasteiger partial charge is 0.412 e. The highest BCUT2D eigenvalue weighted by molar-refractivity contribution is 6.02. The number of carbonyl (C=O) groups excluding carboxylic acids is 1. The van der Waals surface area contributed by atoms with Gasteiger partial charge in [0, 0.05) is 23.1 Å². The van der Waals surface area contributed by atoms with Crippen LogP contribution < -0.4 is 15.8 Å². The number of ether oxygens (including phenoxy) is 2. The van der Waals surface area contributed by atoms with E-state index in [1.807, 2.05) is 4.57 Å². The number of anilines is 2. The summed E-state index contributed by atoms with van der Waals surface area (Å²) in [6, 6.07) is 7.71. The van der Waals surface area contributed by atoms with Gasteiger partial charge in [0.2, 0.25) is 0 Å². The van der Waals surface area contributed by atoms with Crippen molar-refractivity contribution in [3.05, 3.63) is 42.0 Å². The third-order valence-electron chi connectivity index (χ3n) is 6.92. The van der Waals surface area contributed by atoms with Crippen molar-refractivity contribution in [1.29, 1.82) is 0 Å². The highest BCUT2D eigenvalue weighted by Crippen LogP contribution is 2.45. The standard InChI is InChI=1S/C26H28F3N3O3/c1-14(15-5-6-15)35-26(33)31-24-20(28)11-16(12-21(24)29)25-23(30)19-8-7-18(34-10-9-27)13-22(19)32(25)17-3-2-4-17/h7-8,11-15,17H,2-6,9-10,30H2,1H3,(H,31,33)/t14-/m1/s1. The van der Waals surface area contributed by atoms with Crippen LogP contribution in [0.15, 0.2) is 30.3 Å². The first-order valence-corrected chi connectivity index (χ1v) is 12.0. The van der Waals surface area contributed by atoms with Gasteiger partial charge in [-0.15, -0.1) is 0 Å². The lowest BCUT2D eigenvalue weighted by Crippen LogP contribution is -2.22. The number of benzene rings is 2. The molecule has 0 spiro atoms. The number of halogens is 3. The second-order valence-corrected chi connectivity index (χ2v) is 9.32. The molecule has 2 fully saturated rings. The molecule has 3 N–H and O–H groups in total. The Morgan fingerprint density at radius 3 is 2.49 bits per heavy atom. The molecule has 5 rings (SSSR count). The molecule has 0 saturated heterocycles. The molecule has 186 valence electrons. The number of aromatic nitrogens is 1. The number of hydrogen-bond donors (Lipinski definition) is 2. The molecule has 1 amide bonds. The summed E-state index contributed by atoms with van der Waals surface area (Å²) in [5.41, 5.74) is 7.84. The van der Waals surface area contributed by atoms with Crippen LogP contribution in [0.1, 0.15) is 45.1 Å². The zero-order valence-electron chi connectivity index (χ0n) is 19.5. The molecule has 0 aliphatic heterocycles. The van der Waals surface area contributed by atoms with E-state index in [0.29, 0.717) is 23.0 Å². The van der Waals surface area contributed by atoms with Crippen LogP contribution in [0.4, 0.5) is 29.3 Å². The summed E-state index contributed by atoms with van der Waals surface area (Å²) >= 11 is 0. The summed E-state index contributed by atoms with van der Waals surface area (Å²) in [6.07, 6.45) is 3.60. The molecule has 35 heavy (non-hydrogen) atoms. The van der Waals surface area contributed by atoms with Gasteiger partial charge in [-0.2, -0.15) is 0 Å². The van der Waals surface area contributed by atoms with Crippen LogP contribution in [0.5, 0.6) is 5.75 Å². The average Bonchev–Trinajstić information content (AvgIpc) is 3.60. The Labute approximate surface area is 201 Å². The van der Waals surface area contributed by atoms with Gasteiger partial charge < -0.3 is 19.8 Å². The lowest BCUT2D eigenvalue weighted by Gasteiger charge is -2.30. The number of fused-ring (bicyclic) bond motifs is 1. The van der Waals surface area contributed by atoms with E-state index in [2.05, 4.69) is 5.32 Å². The van der Waals surface area contributed by atoms with E-state index in [1.54, 1.807) is 25.1 Å². The number of nitrogens with zero attached hydrogens (tertiary/aromatic N) is 1. The zero-order chi connectivity index (χ0) is 24.7. The molecule has 1 aromatic heterocycles. The quantitative estimate of drug-likeness (QED) is 0.376. The Bertz CT molecular complexity index is 1240. The molecule has 0 unspecified atom stereocenters. The van der Waals surface area contributed by atoms with Crippen LogP contribution in [0.3, 0.4) is 0 Å². The van der Waals surface area contributed by atoms with Gasteiger partial charge in [0.05, 0.1) is 16.9 Å². The fourth-order valence-corrected chi connectivity index (χ4v) is 4.67. The Kier molecular flexibility index (Phi) is 6.25. The first kappa shape index (κ1) is 23.4. The largest absolute Gasteiger partial charge is 0.491 e. The maximum Gasteiger partial charge on any atom is 0.412 e. The van der Waals surface area contributed by atoms with E-state index in [0.717, 1.165) is 43.0 Å². The van der Waals surface area contributed by atoms with Crippen LogP contribution in [-0.4, -0.2) is 30.0 Å². The lowest BCUT2D eigenvalue weighted by molar-refractivity contribution is 0.108. The van der Waals surface area contributed by atoms with Crippen LogP contribution in [0.25, 0.3) is 22.2 Å². The summed E-state index contributed by atoms with van der Waals surface area (Å²) < 4.78 is 55.4. The molecular weight excluding hydrogens is 459 g/mol. The lowest BCUT2D eigenvalue weighted by atomic mass is 9.92. The number of hydrogen-bond acceptors (Lipinski definition) is 4. The van der Waals surface area contributed by atoms with Crippen molar-refractivity contribution in [3.8, 4) is 17.0 Å². The van der Waals surface area contributed by atoms with Crippen molar-refractivity contribution < 1.29 is 27.4 Å². The first-order valence-electron chi connectivity index (χ1n) is 12.0. The summed E-state index contributed by atoms with van der Waals surface area (Å²) in [7, 11) is 0. The molecule has 1 atom stereocenters. The van der Waals surface area contributed by atoms with Crippen molar-refractivity contribution in [1.82, 2.24) is 4.57 Å². The van der Waals surface area contributed by atoms with Gasteiger partial charge >= 0.3 is 6.09 Å². The average molecular weight is 488 g/mol. The van der Waals surface area contributed by atoms with Crippen LogP contribution in [-0.2, 0) is 4.74 Å². The first-order chi connectivity index (χ1) is 16.9. The van der Waals surface area contributed by atoms with Gasteiger partial charge in [0.1, 0.15) is 30.8 Å². The monoisotopic (exact) mass is 487 g/mol. The maximum absolute atomic E-state index is 15.1. The number of rotatable bonds is 8. The number of nitrogens with two attached hydrogens (primary N) is 1. The van der Waals surface area contributed by atoms with Crippen molar-refractivity contribution in [2.75, 3.05) is 24.3 Å². The van der Waals surface area contributed by atoms with Crippen molar-refractivity contribution in [2.24, 2.45) is 5.92 Å². The number of nitrogens with one attached hydrogen (secondary N) is 1. The third kappa shape index (κ3) is 4.51. The minimum Gasteiger partial charge on any atom is -0.491 e. The molecule has 1 heterocycles. The van der Waals surface area contributed by atoms with Gasteiger partial charge in [-0.05, 0) is 69.2 Å². The Morgan fingerprint density at radius 1 is 1.17 bits per heavy atom. The molecule has 2 aliphatic carbocycles. The molecule has 2 aromatic carbocycles. The number of carbonyl (C=O) groups is 1. The molecule has 2 aliphatic rings. The topological polar surface area (TPSA) is 78.5 Å². The van der Waals surface area contributed by atoms with E-state index < -0.39 is 30.1 Å². The van der Waals surface area contributed by atoms with Gasteiger partial charge in [-0.1, -0.05) is 0 Å². The zero-order valence-corrected chi connectivity index (χ0v) is 19.5. The van der Waals surface area contributed by atoms with E-state index in [9.17, 15) is 9.18 Å². The highest BCUT2D eigenvalue weighted by atomic mass is 19.1. The van der Waals surface area contributed by atoms with Crippen molar-refractivity contribution >= 4 is 28.4 Å². The predicted molar refractivity (Wildman–Crippen MR) is 128 cm³/mol. The molecule has 2 saturated carbocycles. The normalized spacial score (nSPS) is 16.7. The molecule has 3 aromatic rings. The summed E-state index contributed by atoms with van der Waals surface area (Å²) in [5.74, 6) is -1.05. The SMILES string of the molecule is C[C@@H](OC(=O)Nc1c(F)cc(-c2c(N)c3ccc(OCCF)cc3n2C2CCC2)cc1F)C1CC1. The molecule has 0 bridgehead atoms. The van der Waals surface area contributed by atoms with Crippen molar-refractivity contribution in [2.45, 2.75) is 51.2 Å². The number of alkyl halides is 1. The molecule has 9 heteroatoms. The number of nitrogen functional groups attached to an aromatic ring is 1. The van der Waals surface area contributed by atoms with Gasteiger partial charge in [-0.25, -0.2) is 18.0 Å². The van der Waals surface area contributed by atoms with E-state index in [4.69, 9.17) is 15.2 Å². The van der Waals surface area contributed by atoms with E-state index in [1.165, 1.54) is 12.1 Å². The van der Waals surface area contributed by atoms with Crippen LogP contribution in [0, 0.1) is 17.6 Å². The summed E-state index contributed by atoms with van der Waals surface area (Å²) in [4.78, 5) is 12.2. The fourth-order valence-electron chi connectivity index (χ4n) is 4.67.